The Morgan fingerprint density at radius 3 is 1.64 bits per heavy atom. The number of benzene rings is 8. The van der Waals surface area contributed by atoms with E-state index < -0.39 is 0 Å². The fourth-order valence-corrected chi connectivity index (χ4v) is 10.4. The molecule has 0 radical (unpaired) electrons. The first-order chi connectivity index (χ1) is 32.7. The van der Waals surface area contributed by atoms with Crippen molar-refractivity contribution in [2.45, 2.75) is 0 Å². The summed E-state index contributed by atoms with van der Waals surface area (Å²) in [5.74, 6) is 2.27. The van der Waals surface area contributed by atoms with Gasteiger partial charge in [-0.15, -0.1) is 0 Å². The van der Waals surface area contributed by atoms with Gasteiger partial charge in [-0.25, -0.2) is 0 Å². The number of pyridine rings is 2. The van der Waals surface area contributed by atoms with Gasteiger partial charge in [-0.2, -0.15) is 0 Å². The van der Waals surface area contributed by atoms with Gasteiger partial charge < -0.3 is 0 Å². The molecule has 4 heterocycles. The Balaban J connectivity index is 0.978. The molecule has 0 atom stereocenters. The second kappa shape index (κ2) is 16.7. The van der Waals surface area contributed by atoms with E-state index in [1.54, 1.807) is 0 Å². The number of nitrogens with zero attached hydrogens (tertiary/aromatic N) is 5. The third-order valence-corrected chi connectivity index (χ3v) is 13.3. The normalized spacial score (nSPS) is 11.4. The van der Waals surface area contributed by atoms with Crippen LogP contribution < -0.4 is 4.74 Å². The molecule has 12 rings (SSSR count). The predicted molar refractivity (Wildman–Crippen MR) is 264 cm³/mol. The zero-order chi connectivity index (χ0) is 44.0. The molecule has 0 saturated heterocycles. The summed E-state index contributed by atoms with van der Waals surface area (Å²) in [4.78, 5) is 9.82. The fourth-order valence-electron chi connectivity index (χ4n) is 9.29. The van der Waals surface area contributed by atoms with E-state index >= 15 is 0 Å². The summed E-state index contributed by atoms with van der Waals surface area (Å²) < 4.78 is 14.8. The first-order valence-electron chi connectivity index (χ1n) is 21.9. The maximum atomic E-state index is 6.84. The van der Waals surface area contributed by atoms with Crippen molar-refractivity contribution in [1.82, 2.24) is 23.7 Å². The van der Waals surface area contributed by atoms with Crippen LogP contribution >= 0.6 is 0 Å². The minimum atomic E-state index is 0.726. The van der Waals surface area contributed by atoms with Crippen LogP contribution in [0, 0.1) is 3.80 Å². The first-order valence-corrected chi connectivity index (χ1v) is 23.0. The average Bonchev–Trinajstić information content (AvgIpc) is 3.87. The van der Waals surface area contributed by atoms with Crippen LogP contribution in [0.25, 0.3) is 94.7 Å². The molecule has 66 heavy (non-hydrogen) atoms. The Labute approximate surface area is 392 Å². The molecular weight excluding hydrogens is 990 g/mol. The Morgan fingerprint density at radius 1 is 0.379 bits per heavy atom. The van der Waals surface area contributed by atoms with E-state index in [-0.39, 0.29) is 0 Å². The van der Waals surface area contributed by atoms with Gasteiger partial charge in [0.2, 0.25) is 0 Å². The third-order valence-electron chi connectivity index (χ3n) is 12.2. The Hall–Kier alpha value is -8.18. The van der Waals surface area contributed by atoms with E-state index in [0.717, 1.165) is 110 Å². The SMILES string of the molecule is [Pt]=[c]1n(-c2cccc(Oc3ccc4c5ccccc5n(-c5cc(-c6ccccc6)c(-c6ccccn6)cn5)c4c3)c2)c2ccccc2n1-c1c(-c2ccccc2)cccc1-c1ccccc1. The summed E-state index contributed by atoms with van der Waals surface area (Å²) in [6.07, 6.45) is 3.78. The molecule has 0 spiro atoms. The summed E-state index contributed by atoms with van der Waals surface area (Å²) in [5.41, 5.74) is 15.0. The van der Waals surface area contributed by atoms with Crippen molar-refractivity contribution < 1.29 is 24.1 Å². The average molecular weight is 1030 g/mol. The standard InChI is InChI=1S/C59H39N5O.Pt/c1-4-18-41(19-5-1)47-27-17-28-48(42-20-6-2-7-21-42)59(47)63-40-62(55-31-12-13-32-56(55)63)44-24-16-25-45(36-44)65-46-33-34-50-49-26-10-11-30-54(49)64(57(50)37-46)58-38-51(43-22-8-3-9-23-43)52(39-61-58)53-29-14-15-35-60-53;/h1-39H;. The molecule has 0 aliphatic carbocycles. The number of imidazole rings is 1. The molecule has 8 aromatic carbocycles. The van der Waals surface area contributed by atoms with E-state index in [9.17, 15) is 0 Å². The molecule has 6 nitrogen and oxygen atoms in total. The van der Waals surface area contributed by atoms with Crippen LogP contribution in [0.4, 0.5) is 0 Å². The van der Waals surface area contributed by atoms with Gasteiger partial charge in [-0.1, -0.05) is 48.5 Å². The minimum absolute atomic E-state index is 0.726. The quantitative estimate of drug-likeness (QED) is 0.145. The van der Waals surface area contributed by atoms with E-state index in [1.165, 1.54) is 0 Å². The van der Waals surface area contributed by atoms with E-state index in [4.69, 9.17) is 14.7 Å². The van der Waals surface area contributed by atoms with Crippen LogP contribution in [-0.4, -0.2) is 23.7 Å². The molecule has 0 N–H and O–H groups in total. The van der Waals surface area contributed by atoms with Crippen LogP contribution in [0.1, 0.15) is 0 Å². The third kappa shape index (κ3) is 6.91. The van der Waals surface area contributed by atoms with Gasteiger partial charge in [0.15, 0.2) is 0 Å². The molecule has 0 aliphatic rings. The topological polar surface area (TPSA) is 49.8 Å². The van der Waals surface area contributed by atoms with Crippen molar-refractivity contribution in [2.75, 3.05) is 0 Å². The second-order valence-corrected chi connectivity index (χ2v) is 17.2. The zero-order valence-corrected chi connectivity index (χ0v) is 37.7. The Morgan fingerprint density at radius 2 is 0.955 bits per heavy atom. The summed E-state index contributed by atoms with van der Waals surface area (Å²) >= 11 is 2.49. The predicted octanol–water partition coefficient (Wildman–Crippen LogP) is 14.8. The van der Waals surface area contributed by atoms with Gasteiger partial charge >= 0.3 is 294 Å². The molecule has 0 bridgehead atoms. The van der Waals surface area contributed by atoms with Gasteiger partial charge in [0.05, 0.1) is 5.69 Å². The van der Waals surface area contributed by atoms with E-state index in [1.807, 2.05) is 42.7 Å². The van der Waals surface area contributed by atoms with Gasteiger partial charge in [0.1, 0.15) is 0 Å². The monoisotopic (exact) mass is 1030 g/mol. The number of rotatable bonds is 9. The molecule has 0 unspecified atom stereocenters. The number of fused-ring (bicyclic) bond motifs is 4. The molecule has 4 aromatic heterocycles. The first kappa shape index (κ1) is 39.4. The summed E-state index contributed by atoms with van der Waals surface area (Å²) in [6.45, 7) is 0. The van der Waals surface area contributed by atoms with Crippen molar-refractivity contribution in [2.24, 2.45) is 0 Å². The van der Waals surface area contributed by atoms with Crippen LogP contribution in [0.3, 0.4) is 0 Å². The zero-order valence-electron chi connectivity index (χ0n) is 35.5. The summed E-state index contributed by atoms with van der Waals surface area (Å²) in [7, 11) is 0. The molecule has 316 valence electrons. The van der Waals surface area contributed by atoms with Crippen molar-refractivity contribution >= 4 is 32.8 Å². The summed E-state index contributed by atoms with van der Waals surface area (Å²) in [5, 5.41) is 2.26. The maximum absolute atomic E-state index is 6.84. The van der Waals surface area contributed by atoms with E-state index in [2.05, 4.69) is 227 Å². The van der Waals surface area contributed by atoms with Gasteiger partial charge in [-0.05, 0) is 23.3 Å². The van der Waals surface area contributed by atoms with Gasteiger partial charge in [0.25, 0.3) is 0 Å². The van der Waals surface area contributed by atoms with Crippen LogP contribution in [-0.2, 0) is 19.4 Å². The summed E-state index contributed by atoms with van der Waals surface area (Å²) in [6, 6.07) is 78.5. The molecule has 12 aromatic rings. The number of ether oxygens (including phenoxy) is 1. The van der Waals surface area contributed by atoms with E-state index in [0.29, 0.717) is 0 Å². The van der Waals surface area contributed by atoms with Crippen molar-refractivity contribution in [1.29, 1.82) is 0 Å². The number of aromatic nitrogens is 5. The molecular formula is C59H39N5OPt. The molecule has 0 aliphatic heterocycles. The molecule has 0 saturated carbocycles. The second-order valence-electron chi connectivity index (χ2n) is 16.1. The molecule has 0 fully saturated rings. The Kier molecular flexibility index (Phi) is 10.00. The Bertz CT molecular complexity index is 3750. The van der Waals surface area contributed by atoms with Gasteiger partial charge in [-0.3, -0.25) is 4.98 Å². The van der Waals surface area contributed by atoms with Crippen LogP contribution in [0.5, 0.6) is 11.5 Å². The molecule has 7 heteroatoms. The van der Waals surface area contributed by atoms with Crippen molar-refractivity contribution in [3.05, 3.63) is 241 Å². The fraction of sp³-hybridized carbons (Fsp3) is 0. The van der Waals surface area contributed by atoms with Gasteiger partial charge in [0, 0.05) is 18.0 Å². The van der Waals surface area contributed by atoms with Crippen LogP contribution in [0.15, 0.2) is 237 Å². The molecule has 0 amide bonds. The number of hydrogen-bond acceptors (Lipinski definition) is 3. The van der Waals surface area contributed by atoms with Crippen molar-refractivity contribution in [3.8, 4) is 73.3 Å². The van der Waals surface area contributed by atoms with Crippen LogP contribution in [0.2, 0.25) is 0 Å². The number of para-hydroxylation sites is 4. The van der Waals surface area contributed by atoms with Crippen molar-refractivity contribution in [3.63, 3.8) is 0 Å². The number of hydrogen-bond donors (Lipinski definition) is 0.